The average Bonchev–Trinajstić information content (AvgIpc) is 2.12. The molecule has 1 aromatic rings. The molecule has 0 aliphatic rings. The van der Waals surface area contributed by atoms with E-state index in [2.05, 4.69) is 4.98 Å². The minimum absolute atomic E-state index is 0.146. The van der Waals surface area contributed by atoms with E-state index in [4.69, 9.17) is 17.3 Å². The third-order valence-corrected chi connectivity index (χ3v) is 2.21. The molecule has 0 saturated heterocycles. The van der Waals surface area contributed by atoms with Crippen molar-refractivity contribution in [3.63, 3.8) is 0 Å². The number of rotatable bonds is 3. The van der Waals surface area contributed by atoms with Crippen LogP contribution in [0, 0.1) is 0 Å². The number of hydrogen-bond acceptors (Lipinski definition) is 2. The first-order valence-corrected chi connectivity index (χ1v) is 4.75. The Morgan fingerprint density at radius 3 is 2.60 bits per heavy atom. The van der Waals surface area contributed by atoms with Gasteiger partial charge >= 0.3 is 6.18 Å². The molecule has 0 radical (unpaired) electrons. The van der Waals surface area contributed by atoms with Gasteiger partial charge in [-0.2, -0.15) is 13.2 Å². The summed E-state index contributed by atoms with van der Waals surface area (Å²) >= 11 is 5.43. The van der Waals surface area contributed by atoms with Gasteiger partial charge in [0.1, 0.15) is 5.15 Å². The topological polar surface area (TPSA) is 38.9 Å². The van der Waals surface area contributed by atoms with Crippen LogP contribution in [0.1, 0.15) is 17.5 Å². The summed E-state index contributed by atoms with van der Waals surface area (Å²) in [7, 11) is 0. The molecule has 0 amide bonds. The summed E-state index contributed by atoms with van der Waals surface area (Å²) in [4.78, 5) is 3.43. The number of aromatic nitrogens is 1. The molecule has 0 unspecified atom stereocenters. The van der Waals surface area contributed by atoms with Crippen LogP contribution in [0.4, 0.5) is 13.2 Å². The molecule has 6 heteroatoms. The van der Waals surface area contributed by atoms with Gasteiger partial charge in [0.25, 0.3) is 0 Å². The zero-order valence-corrected chi connectivity index (χ0v) is 8.57. The Labute approximate surface area is 90.3 Å². The van der Waals surface area contributed by atoms with Crippen molar-refractivity contribution < 1.29 is 13.2 Å². The molecule has 1 rings (SSSR count). The molecule has 84 valence electrons. The van der Waals surface area contributed by atoms with E-state index in [1.807, 2.05) is 0 Å². The van der Waals surface area contributed by atoms with Crippen molar-refractivity contribution in [2.24, 2.45) is 5.73 Å². The third kappa shape index (κ3) is 3.07. The van der Waals surface area contributed by atoms with Crippen LogP contribution < -0.4 is 5.73 Å². The first-order valence-electron chi connectivity index (χ1n) is 4.37. The van der Waals surface area contributed by atoms with E-state index >= 15 is 0 Å². The Morgan fingerprint density at radius 1 is 1.40 bits per heavy atom. The molecule has 0 aromatic carbocycles. The normalized spacial score (nSPS) is 11.8. The summed E-state index contributed by atoms with van der Waals surface area (Å²) in [6.07, 6.45) is -2.45. The lowest BCUT2D eigenvalue weighted by Gasteiger charge is -2.13. The molecular weight excluding hydrogens is 229 g/mol. The molecule has 0 spiro atoms. The van der Waals surface area contributed by atoms with Gasteiger partial charge in [-0.05, 0) is 31.0 Å². The van der Waals surface area contributed by atoms with Gasteiger partial charge < -0.3 is 5.73 Å². The maximum atomic E-state index is 12.6. The predicted octanol–water partition coefficient (Wildman–Crippen LogP) is 2.65. The second-order valence-corrected chi connectivity index (χ2v) is 3.38. The predicted molar refractivity (Wildman–Crippen MR) is 51.6 cm³/mol. The van der Waals surface area contributed by atoms with Crippen LogP contribution in [-0.2, 0) is 12.6 Å². The van der Waals surface area contributed by atoms with Gasteiger partial charge in [0, 0.05) is 6.20 Å². The second-order valence-electron chi connectivity index (χ2n) is 3.03. The minimum atomic E-state index is -4.46. The largest absolute Gasteiger partial charge is 0.419 e. The van der Waals surface area contributed by atoms with E-state index in [-0.39, 0.29) is 12.0 Å². The van der Waals surface area contributed by atoms with Gasteiger partial charge in [0.05, 0.1) is 5.56 Å². The highest BCUT2D eigenvalue weighted by molar-refractivity contribution is 6.30. The van der Waals surface area contributed by atoms with E-state index < -0.39 is 16.9 Å². The zero-order valence-electron chi connectivity index (χ0n) is 7.81. The van der Waals surface area contributed by atoms with Crippen LogP contribution >= 0.6 is 11.6 Å². The lowest BCUT2D eigenvalue weighted by atomic mass is 10.1. The van der Waals surface area contributed by atoms with Crippen molar-refractivity contribution in [2.45, 2.75) is 19.0 Å². The number of hydrogen-bond donors (Lipinski definition) is 1. The Hall–Kier alpha value is -0.810. The average molecular weight is 239 g/mol. The van der Waals surface area contributed by atoms with Gasteiger partial charge in [-0.3, -0.25) is 0 Å². The molecule has 0 saturated carbocycles. The van der Waals surface area contributed by atoms with E-state index in [1.54, 1.807) is 0 Å². The highest BCUT2D eigenvalue weighted by Crippen LogP contribution is 2.36. The zero-order chi connectivity index (χ0) is 11.5. The van der Waals surface area contributed by atoms with Crippen molar-refractivity contribution in [2.75, 3.05) is 6.54 Å². The Morgan fingerprint density at radius 2 is 2.07 bits per heavy atom. The van der Waals surface area contributed by atoms with Crippen molar-refractivity contribution in [3.05, 3.63) is 28.5 Å². The number of nitrogens with two attached hydrogens (primary N) is 1. The molecule has 0 atom stereocenters. The lowest BCUT2D eigenvalue weighted by Crippen LogP contribution is -2.12. The van der Waals surface area contributed by atoms with Crippen LogP contribution in [0.25, 0.3) is 0 Å². The summed E-state index contributed by atoms with van der Waals surface area (Å²) in [5, 5.41) is -0.503. The summed E-state index contributed by atoms with van der Waals surface area (Å²) in [6, 6.07) is 1.32. The smallest absolute Gasteiger partial charge is 0.330 e. The summed E-state index contributed by atoms with van der Waals surface area (Å²) in [5.74, 6) is 0. The van der Waals surface area contributed by atoms with E-state index in [0.717, 1.165) is 0 Å². The number of halogens is 4. The van der Waals surface area contributed by atoms with Gasteiger partial charge in [0.2, 0.25) is 0 Å². The quantitative estimate of drug-likeness (QED) is 0.823. The number of nitrogens with zero attached hydrogens (tertiary/aromatic N) is 1. The number of pyridine rings is 1. The van der Waals surface area contributed by atoms with Crippen LogP contribution in [0.5, 0.6) is 0 Å². The van der Waals surface area contributed by atoms with Crippen LogP contribution in [-0.4, -0.2) is 11.5 Å². The van der Waals surface area contributed by atoms with Crippen LogP contribution in [0.2, 0.25) is 5.15 Å². The van der Waals surface area contributed by atoms with Crippen molar-refractivity contribution in [1.29, 1.82) is 0 Å². The molecular formula is C9H10ClF3N2. The van der Waals surface area contributed by atoms with Gasteiger partial charge in [-0.25, -0.2) is 4.98 Å². The minimum Gasteiger partial charge on any atom is -0.330 e. The number of alkyl halides is 3. The standard InChI is InChI=1S/C9H10ClF3N2/c10-8-7(9(11,12)13)6(2-1-4-14)3-5-15-8/h3,5H,1-2,4,14H2. The first-order chi connectivity index (χ1) is 6.96. The van der Waals surface area contributed by atoms with Gasteiger partial charge in [-0.1, -0.05) is 11.6 Å². The van der Waals surface area contributed by atoms with Crippen molar-refractivity contribution >= 4 is 11.6 Å². The van der Waals surface area contributed by atoms with E-state index in [1.165, 1.54) is 12.3 Å². The molecule has 2 N–H and O–H groups in total. The van der Waals surface area contributed by atoms with Gasteiger partial charge in [0.15, 0.2) is 0 Å². The maximum absolute atomic E-state index is 12.6. The fourth-order valence-electron chi connectivity index (χ4n) is 1.27. The summed E-state index contributed by atoms with van der Waals surface area (Å²) in [6.45, 7) is 0.344. The van der Waals surface area contributed by atoms with Crippen LogP contribution in [0.3, 0.4) is 0 Å². The fourth-order valence-corrected chi connectivity index (χ4v) is 1.56. The Kier molecular flexibility index (Phi) is 3.93. The molecule has 0 fully saturated rings. The Balaban J connectivity index is 3.09. The first kappa shape index (κ1) is 12.3. The summed E-state index contributed by atoms with van der Waals surface area (Å²) in [5.41, 5.74) is 4.54. The van der Waals surface area contributed by atoms with Crippen LogP contribution in [0.15, 0.2) is 12.3 Å². The fraction of sp³-hybridized carbons (Fsp3) is 0.444. The SMILES string of the molecule is NCCCc1ccnc(Cl)c1C(F)(F)F. The number of aryl methyl sites for hydroxylation is 1. The lowest BCUT2D eigenvalue weighted by molar-refractivity contribution is -0.138. The highest BCUT2D eigenvalue weighted by atomic mass is 35.5. The second kappa shape index (κ2) is 4.81. The molecule has 2 nitrogen and oxygen atoms in total. The van der Waals surface area contributed by atoms with Gasteiger partial charge in [-0.15, -0.1) is 0 Å². The highest BCUT2D eigenvalue weighted by Gasteiger charge is 2.36. The monoisotopic (exact) mass is 238 g/mol. The van der Waals surface area contributed by atoms with E-state index in [9.17, 15) is 13.2 Å². The van der Waals surface area contributed by atoms with E-state index in [0.29, 0.717) is 13.0 Å². The van der Waals surface area contributed by atoms with Crippen molar-refractivity contribution in [1.82, 2.24) is 4.98 Å². The molecule has 0 bridgehead atoms. The van der Waals surface area contributed by atoms with Crippen molar-refractivity contribution in [3.8, 4) is 0 Å². The maximum Gasteiger partial charge on any atom is 0.419 e. The third-order valence-electron chi connectivity index (χ3n) is 1.92. The Bertz CT molecular complexity index is 339. The molecule has 15 heavy (non-hydrogen) atoms. The molecule has 0 aliphatic carbocycles. The molecule has 1 heterocycles. The molecule has 1 aromatic heterocycles. The molecule has 0 aliphatic heterocycles. The summed E-state index contributed by atoms with van der Waals surface area (Å²) < 4.78 is 37.7.